The van der Waals surface area contributed by atoms with Gasteiger partial charge in [-0.2, -0.15) is 0 Å². The van der Waals surface area contributed by atoms with Gasteiger partial charge >= 0.3 is 0 Å². The third-order valence-corrected chi connectivity index (χ3v) is 6.79. The van der Waals surface area contributed by atoms with Crippen molar-refractivity contribution in [2.45, 2.75) is 59.0 Å². The van der Waals surface area contributed by atoms with E-state index in [0.717, 1.165) is 61.1 Å². The molecule has 0 unspecified atom stereocenters. The van der Waals surface area contributed by atoms with Crippen LogP contribution < -0.4 is 5.32 Å². The van der Waals surface area contributed by atoms with Crippen LogP contribution in [0, 0.1) is 13.8 Å². The lowest BCUT2D eigenvalue weighted by Crippen LogP contribution is -2.45. The maximum Gasteiger partial charge on any atom is 0.253 e. The maximum atomic E-state index is 13.4. The summed E-state index contributed by atoms with van der Waals surface area (Å²) in [5.74, 6) is 0.206. The minimum absolute atomic E-state index is 0. The second-order valence-electron chi connectivity index (χ2n) is 9.40. The summed E-state index contributed by atoms with van der Waals surface area (Å²) in [6.07, 6.45) is 2.99. The first-order valence-electron chi connectivity index (χ1n) is 11.8. The summed E-state index contributed by atoms with van der Waals surface area (Å²) < 4.78 is 2.20. The van der Waals surface area contributed by atoms with Gasteiger partial charge in [-0.1, -0.05) is 30.3 Å². The Bertz CT molecular complexity index is 1100. The summed E-state index contributed by atoms with van der Waals surface area (Å²) in [7, 11) is 0. The predicted molar refractivity (Wildman–Crippen MR) is 141 cm³/mol. The zero-order chi connectivity index (χ0) is 22.8. The summed E-state index contributed by atoms with van der Waals surface area (Å²) in [6.45, 7) is 11.2. The van der Waals surface area contributed by atoms with E-state index in [4.69, 9.17) is 0 Å². The lowest BCUT2D eigenvalue weighted by Gasteiger charge is -2.32. The number of likely N-dealkylation sites (tertiary alicyclic amines) is 1. The van der Waals surface area contributed by atoms with Gasteiger partial charge < -0.3 is 25.4 Å². The SMILES string of the molecule is Cc1cc2c(cc1O)c(C(=O)NC1CCN(CCc3ccccc3)CC1)c(C)n2C(C)C.Cl.O. The first kappa shape index (κ1) is 27.7. The Morgan fingerprint density at radius 3 is 2.38 bits per heavy atom. The lowest BCUT2D eigenvalue weighted by molar-refractivity contribution is 0.0912. The number of nitrogens with zero attached hydrogens (tertiary/aromatic N) is 2. The van der Waals surface area contributed by atoms with E-state index in [1.54, 1.807) is 6.07 Å². The van der Waals surface area contributed by atoms with Gasteiger partial charge in [0.05, 0.1) is 5.56 Å². The third kappa shape index (κ3) is 5.74. The molecule has 0 spiro atoms. The molecule has 1 aliphatic rings. The molecule has 34 heavy (non-hydrogen) atoms. The summed E-state index contributed by atoms with van der Waals surface area (Å²) in [4.78, 5) is 15.8. The molecule has 4 rings (SSSR count). The summed E-state index contributed by atoms with van der Waals surface area (Å²) in [6, 6.07) is 14.8. The topological polar surface area (TPSA) is 89.0 Å². The van der Waals surface area contributed by atoms with Crippen molar-refractivity contribution < 1.29 is 15.4 Å². The second-order valence-corrected chi connectivity index (χ2v) is 9.40. The van der Waals surface area contributed by atoms with Gasteiger partial charge in [0, 0.05) is 48.3 Å². The third-order valence-electron chi connectivity index (χ3n) is 6.79. The molecule has 0 saturated carbocycles. The molecule has 0 bridgehead atoms. The summed E-state index contributed by atoms with van der Waals surface area (Å²) in [5, 5.41) is 14.4. The first-order chi connectivity index (χ1) is 15.3. The van der Waals surface area contributed by atoms with Crippen LogP contribution in [0.5, 0.6) is 5.75 Å². The molecule has 6 nitrogen and oxygen atoms in total. The lowest BCUT2D eigenvalue weighted by atomic mass is 10.0. The van der Waals surface area contributed by atoms with Gasteiger partial charge in [-0.15, -0.1) is 12.4 Å². The number of phenols is 1. The minimum atomic E-state index is -0.0297. The summed E-state index contributed by atoms with van der Waals surface area (Å²) >= 11 is 0. The van der Waals surface area contributed by atoms with Crippen LogP contribution in [0.2, 0.25) is 0 Å². The molecule has 1 amide bonds. The molecule has 1 saturated heterocycles. The highest BCUT2D eigenvalue weighted by Crippen LogP contribution is 2.33. The fourth-order valence-corrected chi connectivity index (χ4v) is 5.02. The van der Waals surface area contributed by atoms with Crippen LogP contribution >= 0.6 is 12.4 Å². The van der Waals surface area contributed by atoms with Crippen molar-refractivity contribution in [1.82, 2.24) is 14.8 Å². The first-order valence-corrected chi connectivity index (χ1v) is 11.8. The largest absolute Gasteiger partial charge is 0.508 e. The highest BCUT2D eigenvalue weighted by atomic mass is 35.5. The van der Waals surface area contributed by atoms with Crippen LogP contribution in [0.25, 0.3) is 10.9 Å². The Labute approximate surface area is 208 Å². The number of phenolic OH excluding ortho intramolecular Hbond substituents is 1. The van der Waals surface area contributed by atoms with Crippen LogP contribution in [-0.4, -0.2) is 51.6 Å². The normalized spacial score (nSPS) is 14.6. The maximum absolute atomic E-state index is 13.4. The quantitative estimate of drug-likeness (QED) is 0.533. The number of carbonyl (C=O) groups is 1. The van der Waals surface area contributed by atoms with Gasteiger partial charge in [-0.05, 0) is 70.2 Å². The molecule has 4 N–H and O–H groups in total. The second kappa shape index (κ2) is 11.7. The van der Waals surface area contributed by atoms with Crippen LogP contribution in [0.3, 0.4) is 0 Å². The zero-order valence-electron chi connectivity index (χ0n) is 20.6. The number of piperidine rings is 1. The number of nitrogens with one attached hydrogen (secondary N) is 1. The van der Waals surface area contributed by atoms with Crippen molar-refractivity contribution >= 4 is 29.2 Å². The molecular weight excluding hydrogens is 450 g/mol. The molecule has 186 valence electrons. The number of benzene rings is 2. The van der Waals surface area contributed by atoms with Crippen molar-refractivity contribution in [2.24, 2.45) is 0 Å². The average Bonchev–Trinajstić information content (AvgIpc) is 3.05. The van der Waals surface area contributed by atoms with Crippen LogP contribution in [0.4, 0.5) is 0 Å². The molecule has 2 heterocycles. The number of halogens is 1. The van der Waals surface area contributed by atoms with E-state index in [-0.39, 0.29) is 41.6 Å². The Morgan fingerprint density at radius 1 is 1.12 bits per heavy atom. The number of aromatic nitrogens is 1. The van der Waals surface area contributed by atoms with Gasteiger partial charge in [0.1, 0.15) is 5.75 Å². The Balaban J connectivity index is 0.00000204. The van der Waals surface area contributed by atoms with E-state index in [2.05, 4.69) is 59.0 Å². The number of aryl methyl sites for hydroxylation is 1. The highest BCUT2D eigenvalue weighted by Gasteiger charge is 2.26. The predicted octanol–water partition coefficient (Wildman–Crippen LogP) is 4.58. The number of hydrogen-bond donors (Lipinski definition) is 2. The van der Waals surface area contributed by atoms with Crippen molar-refractivity contribution in [1.29, 1.82) is 0 Å². The Morgan fingerprint density at radius 2 is 1.76 bits per heavy atom. The van der Waals surface area contributed by atoms with Crippen molar-refractivity contribution in [3.8, 4) is 5.75 Å². The van der Waals surface area contributed by atoms with Crippen LogP contribution in [-0.2, 0) is 6.42 Å². The number of fused-ring (bicyclic) bond motifs is 1. The Kier molecular flexibility index (Phi) is 9.56. The Hall–Kier alpha value is -2.54. The highest BCUT2D eigenvalue weighted by molar-refractivity contribution is 6.09. The van der Waals surface area contributed by atoms with Crippen LogP contribution in [0.15, 0.2) is 42.5 Å². The van der Waals surface area contributed by atoms with E-state index < -0.39 is 0 Å². The van der Waals surface area contributed by atoms with Crippen LogP contribution in [0.1, 0.15) is 59.9 Å². The van der Waals surface area contributed by atoms with Gasteiger partial charge in [0.25, 0.3) is 5.91 Å². The van der Waals surface area contributed by atoms with E-state index in [1.165, 1.54) is 5.56 Å². The molecule has 2 aromatic carbocycles. The van der Waals surface area contributed by atoms with E-state index in [0.29, 0.717) is 5.56 Å². The monoisotopic (exact) mass is 487 g/mol. The smallest absolute Gasteiger partial charge is 0.253 e. The van der Waals surface area contributed by atoms with Crippen molar-refractivity contribution in [2.75, 3.05) is 19.6 Å². The van der Waals surface area contributed by atoms with E-state index in [9.17, 15) is 9.90 Å². The molecular formula is C27H38ClN3O3. The standard InChI is InChI=1S/C27H35N3O2.ClH.H2O/c1-18(2)30-20(4)26(23-17-25(31)19(3)16-24(23)30)27(32)28-22-11-14-29(15-12-22)13-10-21-8-6-5-7-9-21;;/h5-9,16-18,22,31H,10-15H2,1-4H3,(H,28,32);1H;1H2. The summed E-state index contributed by atoms with van der Waals surface area (Å²) in [5.41, 5.74) is 4.85. The minimum Gasteiger partial charge on any atom is -0.508 e. The van der Waals surface area contributed by atoms with Crippen molar-refractivity contribution in [3.05, 3.63) is 64.8 Å². The molecule has 0 aliphatic carbocycles. The molecule has 1 aliphatic heterocycles. The molecule has 7 heteroatoms. The van der Waals surface area contributed by atoms with E-state index in [1.807, 2.05) is 19.9 Å². The zero-order valence-corrected chi connectivity index (χ0v) is 21.4. The fourth-order valence-electron chi connectivity index (χ4n) is 5.02. The average molecular weight is 488 g/mol. The van der Waals surface area contributed by atoms with Gasteiger partial charge in [0.15, 0.2) is 0 Å². The molecule has 0 atom stereocenters. The number of aromatic hydroxyl groups is 1. The van der Waals surface area contributed by atoms with Crippen molar-refractivity contribution in [3.63, 3.8) is 0 Å². The van der Waals surface area contributed by atoms with Gasteiger partial charge in [-0.25, -0.2) is 0 Å². The number of carbonyl (C=O) groups excluding carboxylic acids is 1. The van der Waals surface area contributed by atoms with Gasteiger partial charge in [-0.3, -0.25) is 4.79 Å². The molecule has 0 radical (unpaired) electrons. The molecule has 1 aromatic heterocycles. The van der Waals surface area contributed by atoms with Gasteiger partial charge in [0.2, 0.25) is 0 Å². The van der Waals surface area contributed by atoms with E-state index >= 15 is 0 Å². The molecule has 3 aromatic rings. The molecule has 1 fully saturated rings. The number of rotatable bonds is 6. The fraction of sp³-hybridized carbons (Fsp3) is 0.444. The number of hydrogen-bond acceptors (Lipinski definition) is 3. The number of amides is 1.